The molecule has 0 aliphatic carbocycles. The van der Waals surface area contributed by atoms with Crippen LogP contribution in [0.15, 0.2) is 29.3 Å². The molecule has 2 rings (SSSR count). The first-order valence-corrected chi connectivity index (χ1v) is 8.72. The van der Waals surface area contributed by atoms with Crippen LogP contribution in [0.25, 0.3) is 0 Å². The SMILES string of the molecule is CCCC(Cc1cccc(F)c1C)C1=C(C)CC(C)(C)BC1=O. The first-order chi connectivity index (χ1) is 10.7. The third kappa shape index (κ3) is 4.13. The molecule has 23 heavy (non-hydrogen) atoms. The number of hydrogen-bond acceptors (Lipinski definition) is 1. The number of rotatable bonds is 5. The fraction of sp³-hybridized carbons (Fsp3) is 0.550. The first-order valence-electron chi connectivity index (χ1n) is 8.72. The predicted octanol–water partition coefficient (Wildman–Crippen LogP) is 4.97. The molecule has 1 nitrogen and oxygen atoms in total. The van der Waals surface area contributed by atoms with Crippen LogP contribution in [0.2, 0.25) is 5.31 Å². The van der Waals surface area contributed by atoms with Gasteiger partial charge in [-0.05, 0) is 67.1 Å². The summed E-state index contributed by atoms with van der Waals surface area (Å²) < 4.78 is 13.8. The fourth-order valence-electron chi connectivity index (χ4n) is 4.06. The highest BCUT2D eigenvalue weighted by Gasteiger charge is 2.35. The Morgan fingerprint density at radius 3 is 2.61 bits per heavy atom. The number of allylic oxidation sites excluding steroid dienone is 2. The number of carbonyl (C=O) groups excluding carboxylic acids is 1. The lowest BCUT2D eigenvalue weighted by atomic mass is 9.44. The van der Waals surface area contributed by atoms with Gasteiger partial charge in [0.25, 0.3) is 0 Å². The van der Waals surface area contributed by atoms with E-state index in [9.17, 15) is 9.18 Å². The summed E-state index contributed by atoms with van der Waals surface area (Å²) in [6.45, 7) is 10.4. The van der Waals surface area contributed by atoms with Crippen LogP contribution in [-0.4, -0.2) is 13.0 Å². The minimum Gasteiger partial charge on any atom is -0.307 e. The second-order valence-corrected chi connectivity index (χ2v) is 7.85. The van der Waals surface area contributed by atoms with Gasteiger partial charge in [-0.3, -0.25) is 0 Å². The van der Waals surface area contributed by atoms with Crippen molar-refractivity contribution in [3.8, 4) is 0 Å². The third-order valence-corrected chi connectivity index (χ3v) is 5.03. The molecule has 1 aromatic carbocycles. The standard InChI is InChI=1S/C20H28BFO/c1-6-8-16(11-15-9-7-10-17(22)14(15)3)18-13(2)12-20(4,5)21-19(18)23/h7,9-10,16,21H,6,8,11-12H2,1-5H3. The van der Waals surface area contributed by atoms with Crippen molar-refractivity contribution in [1.82, 2.24) is 0 Å². The number of halogens is 1. The maximum Gasteiger partial charge on any atom is 0.217 e. The van der Waals surface area contributed by atoms with Gasteiger partial charge in [-0.1, -0.05) is 44.9 Å². The first kappa shape index (κ1) is 18.0. The van der Waals surface area contributed by atoms with Crippen molar-refractivity contribution in [3.63, 3.8) is 0 Å². The van der Waals surface area contributed by atoms with E-state index in [0.29, 0.717) is 13.0 Å². The molecule has 1 heterocycles. The second-order valence-electron chi connectivity index (χ2n) is 7.85. The van der Waals surface area contributed by atoms with Crippen LogP contribution in [0, 0.1) is 18.7 Å². The Balaban J connectivity index is 2.35. The molecule has 0 bridgehead atoms. The van der Waals surface area contributed by atoms with E-state index in [1.54, 1.807) is 6.07 Å². The van der Waals surface area contributed by atoms with E-state index in [-0.39, 0.29) is 17.0 Å². The van der Waals surface area contributed by atoms with Crippen molar-refractivity contribution >= 4 is 13.0 Å². The van der Waals surface area contributed by atoms with Gasteiger partial charge in [-0.25, -0.2) is 4.39 Å². The zero-order valence-corrected chi connectivity index (χ0v) is 15.1. The highest BCUT2D eigenvalue weighted by atomic mass is 19.1. The van der Waals surface area contributed by atoms with Crippen LogP contribution in [0.4, 0.5) is 4.39 Å². The van der Waals surface area contributed by atoms with E-state index >= 15 is 0 Å². The van der Waals surface area contributed by atoms with Crippen molar-refractivity contribution < 1.29 is 9.18 Å². The minimum atomic E-state index is -0.153. The number of benzene rings is 1. The molecule has 1 atom stereocenters. The zero-order chi connectivity index (χ0) is 17.2. The maximum absolute atomic E-state index is 13.8. The summed E-state index contributed by atoms with van der Waals surface area (Å²) in [6.07, 6.45) is 3.76. The lowest BCUT2D eigenvalue weighted by molar-refractivity contribution is -0.109. The smallest absolute Gasteiger partial charge is 0.217 e. The monoisotopic (exact) mass is 314 g/mol. The van der Waals surface area contributed by atoms with Crippen molar-refractivity contribution in [2.75, 3.05) is 0 Å². The quantitative estimate of drug-likeness (QED) is 0.701. The molecule has 0 saturated carbocycles. The average Bonchev–Trinajstić information content (AvgIpc) is 2.41. The lowest BCUT2D eigenvalue weighted by Crippen LogP contribution is -2.33. The minimum absolute atomic E-state index is 0.0657. The van der Waals surface area contributed by atoms with Gasteiger partial charge in [-0.15, -0.1) is 0 Å². The molecular formula is C20H28BFO. The Labute approximate surface area is 140 Å². The largest absolute Gasteiger partial charge is 0.307 e. The van der Waals surface area contributed by atoms with Crippen LogP contribution in [-0.2, 0) is 11.2 Å². The third-order valence-electron chi connectivity index (χ3n) is 5.03. The zero-order valence-electron chi connectivity index (χ0n) is 15.1. The highest BCUT2D eigenvalue weighted by Crippen LogP contribution is 2.41. The Kier molecular flexibility index (Phi) is 5.49. The van der Waals surface area contributed by atoms with Crippen LogP contribution in [0.1, 0.15) is 58.1 Å². The Morgan fingerprint density at radius 1 is 1.30 bits per heavy atom. The van der Waals surface area contributed by atoms with E-state index in [4.69, 9.17) is 0 Å². The number of hydrogen-bond donors (Lipinski definition) is 0. The molecule has 0 saturated heterocycles. The van der Waals surface area contributed by atoms with E-state index in [1.807, 2.05) is 13.0 Å². The van der Waals surface area contributed by atoms with E-state index in [1.165, 1.54) is 11.6 Å². The molecule has 1 aliphatic heterocycles. The normalized spacial score (nSPS) is 18.8. The van der Waals surface area contributed by atoms with Gasteiger partial charge in [0, 0.05) is 0 Å². The Morgan fingerprint density at radius 2 is 2.00 bits per heavy atom. The fourth-order valence-corrected chi connectivity index (χ4v) is 4.06. The summed E-state index contributed by atoms with van der Waals surface area (Å²) >= 11 is 0. The van der Waals surface area contributed by atoms with Crippen LogP contribution in [0.3, 0.4) is 0 Å². The molecule has 0 aromatic heterocycles. The summed E-state index contributed by atoms with van der Waals surface area (Å²) in [5.41, 5.74) is 4.30. The van der Waals surface area contributed by atoms with Crippen molar-refractivity contribution in [3.05, 3.63) is 46.3 Å². The molecule has 1 unspecified atom stereocenters. The molecular weight excluding hydrogens is 286 g/mol. The van der Waals surface area contributed by atoms with Crippen LogP contribution >= 0.6 is 0 Å². The molecule has 0 amide bonds. The summed E-state index contributed by atoms with van der Waals surface area (Å²) in [4.78, 5) is 12.7. The lowest BCUT2D eigenvalue weighted by Gasteiger charge is -2.33. The van der Waals surface area contributed by atoms with Gasteiger partial charge in [-0.2, -0.15) is 0 Å². The summed E-state index contributed by atoms with van der Waals surface area (Å²) in [5, 5.41) is 0.0657. The molecule has 0 fully saturated rings. The molecule has 0 spiro atoms. The molecule has 0 N–H and O–H groups in total. The van der Waals surface area contributed by atoms with Crippen molar-refractivity contribution in [2.45, 2.75) is 65.6 Å². The Hall–Kier alpha value is -1.38. The topological polar surface area (TPSA) is 17.1 Å². The molecule has 3 heteroatoms. The van der Waals surface area contributed by atoms with Crippen molar-refractivity contribution in [2.24, 2.45) is 5.92 Å². The predicted molar refractivity (Wildman–Crippen MR) is 96.8 cm³/mol. The van der Waals surface area contributed by atoms with Gasteiger partial charge in [0.1, 0.15) is 11.5 Å². The summed E-state index contributed by atoms with van der Waals surface area (Å²) in [5.74, 6) is 0.0589. The number of carbonyl (C=O) groups is 1. The highest BCUT2D eigenvalue weighted by molar-refractivity contribution is 6.80. The van der Waals surface area contributed by atoms with Gasteiger partial charge >= 0.3 is 0 Å². The molecule has 0 radical (unpaired) electrons. The molecule has 124 valence electrons. The van der Waals surface area contributed by atoms with Crippen LogP contribution in [0.5, 0.6) is 0 Å². The van der Waals surface area contributed by atoms with Gasteiger partial charge in [0.05, 0.1) is 0 Å². The molecule has 1 aromatic rings. The van der Waals surface area contributed by atoms with Gasteiger partial charge < -0.3 is 4.79 Å². The summed E-state index contributed by atoms with van der Waals surface area (Å²) in [6, 6.07) is 5.27. The maximum atomic E-state index is 13.8. The van der Waals surface area contributed by atoms with E-state index < -0.39 is 0 Å². The average molecular weight is 314 g/mol. The summed E-state index contributed by atoms with van der Waals surface area (Å²) in [7, 11) is 0.627. The van der Waals surface area contributed by atoms with Gasteiger partial charge in [0.15, 0.2) is 0 Å². The Bertz CT molecular complexity index is 631. The van der Waals surface area contributed by atoms with Crippen molar-refractivity contribution in [1.29, 1.82) is 0 Å². The molecule has 1 aliphatic rings. The van der Waals surface area contributed by atoms with E-state index in [2.05, 4.69) is 27.7 Å². The van der Waals surface area contributed by atoms with Gasteiger partial charge in [0.2, 0.25) is 7.28 Å². The van der Waals surface area contributed by atoms with Crippen LogP contribution < -0.4 is 0 Å². The van der Waals surface area contributed by atoms with E-state index in [0.717, 1.165) is 42.4 Å². The second kappa shape index (κ2) is 7.03.